The van der Waals surface area contributed by atoms with E-state index in [1.165, 1.54) is 0 Å². The standard InChI is InChI=1S/C25H34N2O5SSi/c1-5-8-25(29)27-34(30-6-2,31-7-3)32-18(4)15-19-9-14-23-22(16-19)24(17-26-23)33-21-12-10-20(28)11-13-21/h9-14,16-18,26,28H,5-8,15H2,1-4H3,(H,27,29). The lowest BCUT2D eigenvalue weighted by atomic mass is 10.1. The van der Waals surface area contributed by atoms with E-state index < -0.39 is 8.97 Å². The number of phenolic OH excluding ortho intramolecular Hbond substituents is 1. The predicted octanol–water partition coefficient (Wildman–Crippen LogP) is 5.40. The van der Waals surface area contributed by atoms with Crippen molar-refractivity contribution in [2.75, 3.05) is 13.2 Å². The highest BCUT2D eigenvalue weighted by Gasteiger charge is 2.45. The minimum atomic E-state index is -3.35. The van der Waals surface area contributed by atoms with E-state index in [0.29, 0.717) is 26.1 Å². The highest BCUT2D eigenvalue weighted by molar-refractivity contribution is 7.99. The Kier molecular flexibility index (Phi) is 9.60. The van der Waals surface area contributed by atoms with Crippen molar-refractivity contribution in [3.05, 3.63) is 54.2 Å². The Bertz CT molecular complexity index is 1070. The quantitative estimate of drug-likeness (QED) is 0.271. The molecule has 1 unspecified atom stereocenters. The third-order valence-electron chi connectivity index (χ3n) is 5.09. The van der Waals surface area contributed by atoms with Gasteiger partial charge in [-0.2, -0.15) is 0 Å². The van der Waals surface area contributed by atoms with Gasteiger partial charge in [0.15, 0.2) is 0 Å². The van der Waals surface area contributed by atoms with Gasteiger partial charge in [-0.3, -0.25) is 4.79 Å². The molecule has 1 atom stereocenters. The molecule has 3 rings (SSSR count). The van der Waals surface area contributed by atoms with Crippen LogP contribution in [0.1, 0.15) is 46.1 Å². The van der Waals surface area contributed by atoms with Crippen LogP contribution in [0, 0.1) is 0 Å². The Labute approximate surface area is 206 Å². The molecule has 0 spiro atoms. The summed E-state index contributed by atoms with van der Waals surface area (Å²) < 4.78 is 18.1. The number of amides is 1. The number of aromatic hydroxyl groups is 1. The molecule has 34 heavy (non-hydrogen) atoms. The molecule has 0 radical (unpaired) electrons. The molecule has 2 aromatic carbocycles. The van der Waals surface area contributed by atoms with E-state index in [2.05, 4.69) is 28.2 Å². The van der Waals surface area contributed by atoms with Crippen LogP contribution in [0.3, 0.4) is 0 Å². The molecule has 3 N–H and O–H groups in total. The smallest absolute Gasteiger partial charge is 0.508 e. The van der Waals surface area contributed by atoms with Crippen LogP contribution < -0.4 is 4.98 Å². The van der Waals surface area contributed by atoms with Crippen LogP contribution >= 0.6 is 11.8 Å². The fraction of sp³-hybridized carbons (Fsp3) is 0.400. The van der Waals surface area contributed by atoms with E-state index in [1.807, 2.05) is 46.0 Å². The van der Waals surface area contributed by atoms with Crippen molar-refractivity contribution in [2.24, 2.45) is 0 Å². The minimum Gasteiger partial charge on any atom is -0.508 e. The molecule has 7 nitrogen and oxygen atoms in total. The zero-order chi connectivity index (χ0) is 24.6. The molecule has 9 heteroatoms. The lowest BCUT2D eigenvalue weighted by Gasteiger charge is -2.31. The first-order valence-electron chi connectivity index (χ1n) is 11.7. The van der Waals surface area contributed by atoms with Crippen molar-refractivity contribution in [1.82, 2.24) is 9.97 Å². The van der Waals surface area contributed by atoms with E-state index in [-0.39, 0.29) is 17.8 Å². The second-order valence-electron chi connectivity index (χ2n) is 7.98. The highest BCUT2D eigenvalue weighted by atomic mass is 32.2. The van der Waals surface area contributed by atoms with Crippen LogP contribution in [0.25, 0.3) is 10.9 Å². The summed E-state index contributed by atoms with van der Waals surface area (Å²) in [5, 5.41) is 10.7. The third kappa shape index (κ3) is 7.10. The molecular formula is C25H34N2O5SSi. The lowest BCUT2D eigenvalue weighted by molar-refractivity contribution is -0.121. The van der Waals surface area contributed by atoms with Gasteiger partial charge in [-0.25, -0.2) is 0 Å². The fourth-order valence-electron chi connectivity index (χ4n) is 3.68. The fourth-order valence-corrected chi connectivity index (χ4v) is 6.87. The van der Waals surface area contributed by atoms with Gasteiger partial charge in [0.1, 0.15) is 5.75 Å². The maximum absolute atomic E-state index is 12.3. The van der Waals surface area contributed by atoms with Gasteiger partial charge in [0.2, 0.25) is 5.91 Å². The maximum Gasteiger partial charge on any atom is 0.633 e. The molecule has 0 aliphatic carbocycles. The first-order valence-corrected chi connectivity index (χ1v) is 14.3. The molecule has 0 bridgehead atoms. The average molecular weight is 503 g/mol. The number of hydrogen-bond acceptors (Lipinski definition) is 6. The number of nitrogens with one attached hydrogen (secondary N) is 2. The van der Waals surface area contributed by atoms with Crippen molar-refractivity contribution < 1.29 is 23.2 Å². The summed E-state index contributed by atoms with van der Waals surface area (Å²) in [6.07, 6.45) is 3.56. The van der Waals surface area contributed by atoms with Crippen LogP contribution in [0.5, 0.6) is 5.75 Å². The molecule has 0 saturated carbocycles. The Morgan fingerprint density at radius 3 is 2.47 bits per heavy atom. The molecule has 0 saturated heterocycles. The number of aromatic amines is 1. The van der Waals surface area contributed by atoms with Crippen LogP contribution in [0.4, 0.5) is 0 Å². The normalized spacial score (nSPS) is 12.7. The average Bonchev–Trinajstić information content (AvgIpc) is 3.17. The Balaban J connectivity index is 1.76. The van der Waals surface area contributed by atoms with Crippen LogP contribution in [-0.2, 0) is 24.5 Å². The number of aromatic nitrogens is 1. The molecule has 3 aromatic rings. The van der Waals surface area contributed by atoms with Gasteiger partial charge in [0.05, 0.1) is 6.10 Å². The number of H-pyrrole nitrogens is 1. The maximum atomic E-state index is 12.3. The van der Waals surface area contributed by atoms with Crippen LogP contribution in [0.15, 0.2) is 58.5 Å². The SMILES string of the molecule is CCCC(=O)N[Si](OCC)(OCC)OC(C)Cc1ccc2[nH]cc(Sc3ccc(O)cc3)c2c1. The first kappa shape index (κ1) is 26.3. The van der Waals surface area contributed by atoms with Crippen molar-refractivity contribution in [3.63, 3.8) is 0 Å². The summed E-state index contributed by atoms with van der Waals surface area (Å²) >= 11 is 1.64. The molecular weight excluding hydrogens is 468 g/mol. The Hall–Kier alpha value is -2.30. The summed E-state index contributed by atoms with van der Waals surface area (Å²) in [6.45, 7) is 8.44. The van der Waals surface area contributed by atoms with Gasteiger partial charge in [0, 0.05) is 46.5 Å². The highest BCUT2D eigenvalue weighted by Crippen LogP contribution is 2.35. The number of carbonyl (C=O) groups excluding carboxylic acids is 1. The molecule has 1 amide bonds. The predicted molar refractivity (Wildman–Crippen MR) is 137 cm³/mol. The van der Waals surface area contributed by atoms with Crippen LogP contribution in [-0.4, -0.2) is 44.3 Å². The van der Waals surface area contributed by atoms with Gasteiger partial charge in [-0.1, -0.05) is 24.8 Å². The zero-order valence-corrected chi connectivity index (χ0v) is 22.0. The molecule has 1 aromatic heterocycles. The Morgan fingerprint density at radius 2 is 1.82 bits per heavy atom. The van der Waals surface area contributed by atoms with Gasteiger partial charge >= 0.3 is 8.97 Å². The number of carbonyl (C=O) groups is 1. The monoisotopic (exact) mass is 502 g/mol. The van der Waals surface area contributed by atoms with Crippen LogP contribution in [0.2, 0.25) is 0 Å². The van der Waals surface area contributed by atoms with E-state index in [1.54, 1.807) is 23.9 Å². The number of phenols is 1. The molecule has 0 aliphatic heterocycles. The summed E-state index contributed by atoms with van der Waals surface area (Å²) in [5.74, 6) is 0.136. The topological polar surface area (TPSA) is 92.8 Å². The van der Waals surface area contributed by atoms with E-state index in [9.17, 15) is 9.90 Å². The van der Waals surface area contributed by atoms with E-state index in [0.717, 1.165) is 32.7 Å². The minimum absolute atomic E-state index is 0.118. The molecule has 1 heterocycles. The van der Waals surface area contributed by atoms with Gasteiger partial charge in [0.25, 0.3) is 0 Å². The van der Waals surface area contributed by atoms with Gasteiger partial charge in [-0.05, 0) is 75.6 Å². The first-order chi connectivity index (χ1) is 16.4. The largest absolute Gasteiger partial charge is 0.633 e. The van der Waals surface area contributed by atoms with E-state index >= 15 is 0 Å². The van der Waals surface area contributed by atoms with Crippen molar-refractivity contribution >= 4 is 37.5 Å². The van der Waals surface area contributed by atoms with Crippen molar-refractivity contribution in [3.8, 4) is 5.75 Å². The van der Waals surface area contributed by atoms with E-state index in [4.69, 9.17) is 13.3 Å². The van der Waals surface area contributed by atoms with Crippen molar-refractivity contribution in [2.45, 2.75) is 62.9 Å². The molecule has 0 aliphatic rings. The third-order valence-corrected chi connectivity index (χ3v) is 8.79. The molecule has 184 valence electrons. The Morgan fingerprint density at radius 1 is 1.12 bits per heavy atom. The van der Waals surface area contributed by atoms with Gasteiger partial charge in [-0.15, -0.1) is 0 Å². The number of hydrogen-bond donors (Lipinski definition) is 3. The number of benzene rings is 2. The molecule has 0 fully saturated rings. The summed E-state index contributed by atoms with van der Waals surface area (Å²) in [4.78, 5) is 20.7. The summed E-state index contributed by atoms with van der Waals surface area (Å²) in [5.41, 5.74) is 2.17. The number of fused-ring (bicyclic) bond motifs is 1. The van der Waals surface area contributed by atoms with Crippen molar-refractivity contribution in [1.29, 1.82) is 0 Å². The summed E-state index contributed by atoms with van der Waals surface area (Å²) in [6, 6.07) is 13.5. The zero-order valence-electron chi connectivity index (χ0n) is 20.2. The lowest BCUT2D eigenvalue weighted by Crippen LogP contribution is -2.62. The summed E-state index contributed by atoms with van der Waals surface area (Å²) in [7, 11) is -3.35. The number of rotatable bonds is 13. The van der Waals surface area contributed by atoms with Gasteiger partial charge < -0.3 is 28.4 Å². The second kappa shape index (κ2) is 12.4. The second-order valence-corrected chi connectivity index (χ2v) is 11.3.